The van der Waals surface area contributed by atoms with Crippen LogP contribution >= 0.6 is 11.8 Å². The number of benzene rings is 1. The number of carboxylic acids is 1. The van der Waals surface area contributed by atoms with Crippen LogP contribution in [-0.2, 0) is 4.79 Å². The third-order valence-corrected chi connectivity index (χ3v) is 5.56. The van der Waals surface area contributed by atoms with Crippen LogP contribution in [0.3, 0.4) is 0 Å². The summed E-state index contributed by atoms with van der Waals surface area (Å²) < 4.78 is 0. The average Bonchev–Trinajstić information content (AvgIpc) is 2.95. The molecule has 23 heavy (non-hydrogen) atoms. The lowest BCUT2D eigenvalue weighted by Crippen LogP contribution is -2.47. The van der Waals surface area contributed by atoms with Crippen molar-refractivity contribution in [2.24, 2.45) is 0 Å². The van der Waals surface area contributed by atoms with Crippen LogP contribution < -0.4 is 0 Å². The van der Waals surface area contributed by atoms with E-state index in [4.69, 9.17) is 5.11 Å². The van der Waals surface area contributed by atoms with Gasteiger partial charge in [-0.2, -0.15) is 11.8 Å². The first-order chi connectivity index (χ1) is 11.0. The first kappa shape index (κ1) is 15.9. The maximum atomic E-state index is 12.8. The number of hydrogen-bond donors (Lipinski definition) is 2. The third kappa shape index (κ3) is 3.08. The van der Waals surface area contributed by atoms with Gasteiger partial charge in [0, 0.05) is 29.0 Å². The molecule has 1 aliphatic rings. The summed E-state index contributed by atoms with van der Waals surface area (Å²) in [6, 6.07) is 5.66. The van der Waals surface area contributed by atoms with Crippen LogP contribution in [-0.4, -0.2) is 51.0 Å². The molecule has 0 radical (unpaired) electrons. The molecule has 1 aliphatic heterocycles. The molecule has 1 unspecified atom stereocenters. The number of nitrogens with one attached hydrogen (secondary N) is 1. The van der Waals surface area contributed by atoms with E-state index >= 15 is 0 Å². The van der Waals surface area contributed by atoms with Crippen molar-refractivity contribution in [1.29, 1.82) is 0 Å². The molecule has 1 atom stereocenters. The number of aromatic nitrogens is 1. The zero-order chi connectivity index (χ0) is 16.6. The minimum atomic E-state index is -0.863. The van der Waals surface area contributed by atoms with E-state index in [0.29, 0.717) is 18.0 Å². The van der Waals surface area contributed by atoms with Crippen LogP contribution in [0, 0.1) is 13.8 Å². The van der Waals surface area contributed by atoms with Crippen LogP contribution in [0.2, 0.25) is 0 Å². The quantitative estimate of drug-likeness (QED) is 0.906. The average molecular weight is 332 g/mol. The van der Waals surface area contributed by atoms with Gasteiger partial charge in [0.1, 0.15) is 5.69 Å². The van der Waals surface area contributed by atoms with Crippen molar-refractivity contribution < 1.29 is 14.7 Å². The summed E-state index contributed by atoms with van der Waals surface area (Å²) in [6.45, 7) is 4.69. The largest absolute Gasteiger partial charge is 0.481 e. The molecular weight excluding hydrogens is 312 g/mol. The Bertz CT molecular complexity index is 769. The van der Waals surface area contributed by atoms with E-state index in [2.05, 4.69) is 4.98 Å². The molecule has 3 rings (SSSR count). The van der Waals surface area contributed by atoms with Crippen molar-refractivity contribution in [1.82, 2.24) is 9.88 Å². The standard InChI is InChI=1S/C17H20N2O3S/c1-10-3-4-14-13(11(10)2)8-15(18-14)17(22)19-5-6-23-9-12(19)7-16(20)21/h3-4,8,12,18H,5-7,9H2,1-2H3,(H,20,21). The highest BCUT2D eigenvalue weighted by Crippen LogP contribution is 2.25. The van der Waals surface area contributed by atoms with Crippen molar-refractivity contribution in [3.63, 3.8) is 0 Å². The SMILES string of the molecule is Cc1ccc2[nH]c(C(=O)N3CCSCC3CC(=O)O)cc2c1C. The summed E-state index contributed by atoms with van der Waals surface area (Å²) in [5.41, 5.74) is 3.83. The van der Waals surface area contributed by atoms with Crippen molar-refractivity contribution in [3.05, 3.63) is 35.0 Å². The topological polar surface area (TPSA) is 73.4 Å². The summed E-state index contributed by atoms with van der Waals surface area (Å²) in [4.78, 5) is 28.8. The Labute approximate surface area is 139 Å². The maximum absolute atomic E-state index is 12.8. The summed E-state index contributed by atoms with van der Waals surface area (Å²) in [7, 11) is 0. The molecule has 6 heteroatoms. The van der Waals surface area contributed by atoms with Gasteiger partial charge in [0.15, 0.2) is 0 Å². The zero-order valence-corrected chi connectivity index (χ0v) is 14.1. The summed E-state index contributed by atoms with van der Waals surface area (Å²) in [5.74, 6) is 0.555. The van der Waals surface area contributed by atoms with Crippen molar-refractivity contribution in [2.75, 3.05) is 18.1 Å². The van der Waals surface area contributed by atoms with Crippen LogP contribution in [0.15, 0.2) is 18.2 Å². The Morgan fingerprint density at radius 1 is 1.39 bits per heavy atom. The fourth-order valence-electron chi connectivity index (χ4n) is 3.02. The summed E-state index contributed by atoms with van der Waals surface area (Å²) >= 11 is 1.70. The van der Waals surface area contributed by atoms with Crippen LogP contribution in [0.5, 0.6) is 0 Å². The Morgan fingerprint density at radius 3 is 2.91 bits per heavy atom. The van der Waals surface area contributed by atoms with E-state index in [0.717, 1.165) is 22.2 Å². The molecule has 2 aromatic rings. The van der Waals surface area contributed by atoms with E-state index in [1.54, 1.807) is 16.7 Å². The molecule has 1 fully saturated rings. The number of rotatable bonds is 3. The number of carboxylic acid groups (broad SMARTS) is 1. The number of carbonyl (C=O) groups excluding carboxylic acids is 1. The molecule has 0 bridgehead atoms. The van der Waals surface area contributed by atoms with Crippen molar-refractivity contribution >= 4 is 34.5 Å². The van der Waals surface area contributed by atoms with Crippen LogP contribution in [0.1, 0.15) is 28.0 Å². The van der Waals surface area contributed by atoms with Gasteiger partial charge in [-0.05, 0) is 37.1 Å². The van der Waals surface area contributed by atoms with Gasteiger partial charge >= 0.3 is 5.97 Å². The van der Waals surface area contributed by atoms with E-state index in [1.807, 2.05) is 32.0 Å². The molecule has 1 aromatic heterocycles. The van der Waals surface area contributed by atoms with Gasteiger partial charge in [0.05, 0.1) is 12.5 Å². The molecule has 0 spiro atoms. The Morgan fingerprint density at radius 2 is 2.17 bits per heavy atom. The molecule has 1 amide bonds. The van der Waals surface area contributed by atoms with Crippen molar-refractivity contribution in [2.45, 2.75) is 26.3 Å². The molecule has 1 aromatic carbocycles. The minimum Gasteiger partial charge on any atom is -0.481 e. The first-order valence-electron chi connectivity index (χ1n) is 7.67. The highest BCUT2D eigenvalue weighted by atomic mass is 32.2. The molecule has 1 saturated heterocycles. The molecule has 122 valence electrons. The number of H-pyrrole nitrogens is 1. The number of hydrogen-bond acceptors (Lipinski definition) is 3. The van der Waals surface area contributed by atoms with Gasteiger partial charge in [0.25, 0.3) is 5.91 Å². The third-order valence-electron chi connectivity index (χ3n) is 4.47. The second-order valence-corrected chi connectivity index (χ2v) is 7.13. The van der Waals surface area contributed by atoms with Crippen LogP contribution in [0.4, 0.5) is 0 Å². The van der Waals surface area contributed by atoms with Gasteiger partial charge < -0.3 is 15.0 Å². The molecule has 5 nitrogen and oxygen atoms in total. The number of carbonyl (C=O) groups is 2. The predicted octanol–water partition coefficient (Wildman–Crippen LogP) is 2.82. The van der Waals surface area contributed by atoms with Gasteiger partial charge in [-0.15, -0.1) is 0 Å². The summed E-state index contributed by atoms with van der Waals surface area (Å²) in [5, 5.41) is 10.1. The van der Waals surface area contributed by atoms with Crippen molar-refractivity contribution in [3.8, 4) is 0 Å². The first-order valence-corrected chi connectivity index (χ1v) is 8.82. The normalized spacial score (nSPS) is 18.3. The highest BCUT2D eigenvalue weighted by Gasteiger charge is 2.30. The molecule has 2 N–H and O–H groups in total. The fourth-order valence-corrected chi connectivity index (χ4v) is 4.08. The second kappa shape index (κ2) is 6.28. The van der Waals surface area contributed by atoms with Crippen LogP contribution in [0.25, 0.3) is 10.9 Å². The monoisotopic (exact) mass is 332 g/mol. The summed E-state index contributed by atoms with van der Waals surface area (Å²) in [6.07, 6.45) is -0.00287. The number of aryl methyl sites for hydroxylation is 2. The van der Waals surface area contributed by atoms with Gasteiger partial charge in [-0.25, -0.2) is 0 Å². The lowest BCUT2D eigenvalue weighted by molar-refractivity contribution is -0.138. The number of fused-ring (bicyclic) bond motifs is 1. The maximum Gasteiger partial charge on any atom is 0.305 e. The number of amides is 1. The molecule has 2 heterocycles. The minimum absolute atomic E-state index is 0.00287. The van der Waals surface area contributed by atoms with E-state index in [9.17, 15) is 9.59 Å². The number of aromatic amines is 1. The fraction of sp³-hybridized carbons (Fsp3) is 0.412. The molecular formula is C17H20N2O3S. The molecule has 0 saturated carbocycles. The second-order valence-electron chi connectivity index (χ2n) is 5.98. The lowest BCUT2D eigenvalue weighted by atomic mass is 10.1. The Hall–Kier alpha value is -1.95. The molecule has 0 aliphatic carbocycles. The predicted molar refractivity (Wildman–Crippen MR) is 92.2 cm³/mol. The number of thioether (sulfide) groups is 1. The van der Waals surface area contributed by atoms with E-state index < -0.39 is 5.97 Å². The lowest BCUT2D eigenvalue weighted by Gasteiger charge is -2.34. The van der Waals surface area contributed by atoms with Gasteiger partial charge in [-0.1, -0.05) is 6.07 Å². The number of nitrogens with zero attached hydrogens (tertiary/aromatic N) is 1. The highest BCUT2D eigenvalue weighted by molar-refractivity contribution is 7.99. The smallest absolute Gasteiger partial charge is 0.305 e. The Balaban J connectivity index is 1.92. The van der Waals surface area contributed by atoms with E-state index in [-0.39, 0.29) is 18.4 Å². The number of aliphatic carboxylic acids is 1. The van der Waals surface area contributed by atoms with Gasteiger partial charge in [0.2, 0.25) is 0 Å². The zero-order valence-electron chi connectivity index (χ0n) is 13.3. The Kier molecular flexibility index (Phi) is 4.35. The van der Waals surface area contributed by atoms with E-state index in [1.165, 1.54) is 5.56 Å². The van der Waals surface area contributed by atoms with Gasteiger partial charge in [-0.3, -0.25) is 9.59 Å².